The van der Waals surface area contributed by atoms with Gasteiger partial charge in [-0.1, -0.05) is 0 Å². The number of likely N-dealkylation sites (tertiary alicyclic amines) is 1. The van der Waals surface area contributed by atoms with Crippen LogP contribution in [-0.2, 0) is 10.0 Å². The summed E-state index contributed by atoms with van der Waals surface area (Å²) >= 11 is 0.835. The Labute approximate surface area is 145 Å². The topological polar surface area (TPSA) is 84.8 Å². The van der Waals surface area contributed by atoms with Crippen molar-refractivity contribution in [2.24, 2.45) is 4.40 Å². The van der Waals surface area contributed by atoms with E-state index in [4.69, 9.17) is 4.74 Å². The van der Waals surface area contributed by atoms with Crippen LogP contribution in [0.1, 0.15) is 19.3 Å². The summed E-state index contributed by atoms with van der Waals surface area (Å²) in [5.74, 6) is 1.09. The molecule has 0 saturated carbocycles. The molecule has 0 unspecified atom stereocenters. The third-order valence-electron chi connectivity index (χ3n) is 3.72. The van der Waals surface area contributed by atoms with Gasteiger partial charge in [0.15, 0.2) is 5.82 Å². The Morgan fingerprint density at radius 1 is 1.21 bits per heavy atom. The van der Waals surface area contributed by atoms with Crippen molar-refractivity contribution in [1.29, 1.82) is 0 Å². The van der Waals surface area contributed by atoms with Crippen LogP contribution in [0.5, 0.6) is 5.75 Å². The van der Waals surface area contributed by atoms with Crippen molar-refractivity contribution in [1.82, 2.24) is 14.3 Å². The lowest BCUT2D eigenvalue weighted by molar-refractivity contribution is 0.351. The van der Waals surface area contributed by atoms with Gasteiger partial charge in [-0.05, 0) is 43.5 Å². The van der Waals surface area contributed by atoms with Crippen LogP contribution < -0.4 is 4.74 Å². The summed E-state index contributed by atoms with van der Waals surface area (Å²) in [4.78, 5) is 6.04. The monoisotopic (exact) mass is 366 g/mol. The number of rotatable bonds is 5. The van der Waals surface area contributed by atoms with Crippen LogP contribution in [-0.4, -0.2) is 49.2 Å². The number of sulfonamides is 1. The standard InChI is InChI=1S/C15H18N4O3S2/c1-22-13-7-5-12(6-8-13)14-17-15(23-18-14)24(20,21)16-11-19-9-3-2-4-10-19/h5-8,11H,2-4,9-10H2,1H3/b16-11+. The van der Waals surface area contributed by atoms with Crippen LogP contribution in [0.3, 0.4) is 0 Å². The van der Waals surface area contributed by atoms with E-state index in [0.717, 1.165) is 43.0 Å². The fraction of sp³-hybridized carbons (Fsp3) is 0.400. The summed E-state index contributed by atoms with van der Waals surface area (Å²) in [7, 11) is -2.23. The van der Waals surface area contributed by atoms with Gasteiger partial charge in [0, 0.05) is 30.2 Å². The molecule has 0 N–H and O–H groups in total. The fourth-order valence-corrected chi connectivity index (χ4v) is 3.98. The average Bonchev–Trinajstić information content (AvgIpc) is 3.12. The van der Waals surface area contributed by atoms with Crippen molar-refractivity contribution in [3.8, 4) is 17.1 Å². The van der Waals surface area contributed by atoms with Gasteiger partial charge in [0.05, 0.1) is 7.11 Å². The molecular weight excluding hydrogens is 348 g/mol. The molecule has 1 saturated heterocycles. The Hall–Kier alpha value is -2.00. The zero-order chi connectivity index (χ0) is 17.0. The number of hydrogen-bond donors (Lipinski definition) is 0. The smallest absolute Gasteiger partial charge is 0.312 e. The highest BCUT2D eigenvalue weighted by molar-refractivity contribution is 7.92. The third-order valence-corrected chi connectivity index (χ3v) is 5.99. The van der Waals surface area contributed by atoms with Gasteiger partial charge in [-0.15, -0.1) is 4.40 Å². The predicted molar refractivity (Wildman–Crippen MR) is 93.0 cm³/mol. The largest absolute Gasteiger partial charge is 0.497 e. The number of methoxy groups -OCH3 is 1. The molecule has 7 nitrogen and oxygen atoms in total. The molecule has 2 aromatic rings. The molecule has 128 valence electrons. The molecule has 9 heteroatoms. The first-order valence-electron chi connectivity index (χ1n) is 7.61. The Morgan fingerprint density at radius 2 is 1.92 bits per heavy atom. The first-order chi connectivity index (χ1) is 11.6. The SMILES string of the molecule is COc1ccc(-c2nsc(S(=O)(=O)/N=C/N3CCCCC3)n2)cc1. The molecule has 0 spiro atoms. The molecule has 2 heterocycles. The zero-order valence-corrected chi connectivity index (χ0v) is 14.9. The summed E-state index contributed by atoms with van der Waals surface area (Å²) in [6.45, 7) is 1.68. The summed E-state index contributed by atoms with van der Waals surface area (Å²) < 4.78 is 37.4. The summed E-state index contributed by atoms with van der Waals surface area (Å²) in [6.07, 6.45) is 4.71. The van der Waals surface area contributed by atoms with Gasteiger partial charge in [-0.3, -0.25) is 0 Å². The molecule has 1 aromatic carbocycles. The molecule has 0 amide bonds. The minimum Gasteiger partial charge on any atom is -0.497 e. The number of ether oxygens (including phenoxy) is 1. The van der Waals surface area contributed by atoms with Crippen LogP contribution in [0.15, 0.2) is 33.0 Å². The highest BCUT2D eigenvalue weighted by Gasteiger charge is 2.20. The predicted octanol–water partition coefficient (Wildman–Crippen LogP) is 2.42. The van der Waals surface area contributed by atoms with Gasteiger partial charge < -0.3 is 9.64 Å². The molecule has 3 rings (SSSR count). The molecule has 0 bridgehead atoms. The summed E-state index contributed by atoms with van der Waals surface area (Å²) in [6, 6.07) is 7.13. The second kappa shape index (κ2) is 7.27. The number of hydrogen-bond acceptors (Lipinski definition) is 6. The van der Waals surface area contributed by atoms with Gasteiger partial charge in [0.1, 0.15) is 12.1 Å². The van der Waals surface area contributed by atoms with Crippen LogP contribution in [0.2, 0.25) is 0 Å². The molecule has 1 fully saturated rings. The Bertz CT molecular complexity index is 809. The maximum atomic E-state index is 12.3. The lowest BCUT2D eigenvalue weighted by atomic mass is 10.1. The maximum Gasteiger partial charge on any atom is 0.312 e. The maximum absolute atomic E-state index is 12.3. The van der Waals surface area contributed by atoms with Gasteiger partial charge in [-0.25, -0.2) is 4.98 Å². The molecular formula is C15H18N4O3S2. The lowest BCUT2D eigenvalue weighted by Gasteiger charge is -2.23. The van der Waals surface area contributed by atoms with Crippen molar-refractivity contribution in [2.45, 2.75) is 23.6 Å². The number of aromatic nitrogens is 2. The number of nitrogens with zero attached hydrogens (tertiary/aromatic N) is 4. The van der Waals surface area contributed by atoms with Crippen LogP contribution in [0.25, 0.3) is 11.4 Å². The van der Waals surface area contributed by atoms with Crippen LogP contribution in [0, 0.1) is 0 Å². The molecule has 1 aromatic heterocycles. The van der Waals surface area contributed by atoms with Crippen molar-refractivity contribution in [2.75, 3.05) is 20.2 Å². The van der Waals surface area contributed by atoms with E-state index in [1.165, 1.54) is 12.8 Å². The van der Waals surface area contributed by atoms with Gasteiger partial charge in [0.25, 0.3) is 4.34 Å². The van der Waals surface area contributed by atoms with Crippen molar-refractivity contribution < 1.29 is 13.2 Å². The second-order valence-corrected chi connectivity index (χ2v) is 7.96. The van der Waals surface area contributed by atoms with E-state index in [-0.39, 0.29) is 4.34 Å². The average molecular weight is 366 g/mol. The Balaban J connectivity index is 1.76. The first kappa shape index (κ1) is 16.8. The quantitative estimate of drug-likeness (QED) is 0.597. The van der Waals surface area contributed by atoms with Crippen molar-refractivity contribution in [3.05, 3.63) is 24.3 Å². The Morgan fingerprint density at radius 3 is 2.58 bits per heavy atom. The highest BCUT2D eigenvalue weighted by atomic mass is 32.2. The van der Waals surface area contributed by atoms with Gasteiger partial charge in [-0.2, -0.15) is 12.8 Å². The summed E-state index contributed by atoms with van der Waals surface area (Å²) in [5, 5.41) is 0. The first-order valence-corrected chi connectivity index (χ1v) is 9.82. The summed E-state index contributed by atoms with van der Waals surface area (Å²) in [5.41, 5.74) is 0.730. The molecule has 0 radical (unpaired) electrons. The highest BCUT2D eigenvalue weighted by Crippen LogP contribution is 2.24. The Kier molecular flexibility index (Phi) is 5.10. The fourth-order valence-electron chi connectivity index (χ4n) is 2.38. The lowest BCUT2D eigenvalue weighted by Crippen LogP contribution is -2.28. The minimum atomic E-state index is -3.81. The molecule has 1 aliphatic heterocycles. The van der Waals surface area contributed by atoms with Gasteiger partial charge in [0.2, 0.25) is 0 Å². The molecule has 0 aliphatic carbocycles. The number of benzene rings is 1. The third kappa shape index (κ3) is 3.90. The normalized spacial score (nSPS) is 15.8. The van der Waals surface area contributed by atoms with Crippen LogP contribution >= 0.6 is 11.5 Å². The van der Waals surface area contributed by atoms with E-state index >= 15 is 0 Å². The minimum absolute atomic E-state index is 0.0958. The van der Waals surface area contributed by atoms with E-state index in [9.17, 15) is 8.42 Å². The van der Waals surface area contributed by atoms with E-state index in [1.807, 2.05) is 4.90 Å². The molecule has 1 aliphatic rings. The molecule has 0 atom stereocenters. The van der Waals surface area contributed by atoms with E-state index in [0.29, 0.717) is 11.6 Å². The van der Waals surface area contributed by atoms with E-state index in [1.54, 1.807) is 31.4 Å². The van der Waals surface area contributed by atoms with E-state index in [2.05, 4.69) is 13.8 Å². The second-order valence-electron chi connectivity index (χ2n) is 5.40. The van der Waals surface area contributed by atoms with Crippen molar-refractivity contribution >= 4 is 27.9 Å². The molecule has 24 heavy (non-hydrogen) atoms. The van der Waals surface area contributed by atoms with E-state index < -0.39 is 10.0 Å². The van der Waals surface area contributed by atoms with Gasteiger partial charge >= 0.3 is 10.0 Å². The number of piperidine rings is 1. The van der Waals surface area contributed by atoms with Crippen molar-refractivity contribution in [3.63, 3.8) is 0 Å². The zero-order valence-electron chi connectivity index (χ0n) is 13.3. The van der Waals surface area contributed by atoms with Crippen LogP contribution in [0.4, 0.5) is 0 Å².